The second-order valence-corrected chi connectivity index (χ2v) is 3.83. The molecule has 0 bridgehead atoms. The first kappa shape index (κ1) is 13.1. The van der Waals surface area contributed by atoms with Crippen molar-refractivity contribution in [2.24, 2.45) is 0 Å². The van der Waals surface area contributed by atoms with Crippen LogP contribution < -0.4 is 5.32 Å². The fourth-order valence-corrected chi connectivity index (χ4v) is 1.53. The maximum Gasteiger partial charge on any atom is 0.417 e. The molecular weight excluding hydrogens is 261 g/mol. The summed E-state index contributed by atoms with van der Waals surface area (Å²) < 4.78 is 42.9. The van der Waals surface area contributed by atoms with Gasteiger partial charge in [0, 0.05) is 6.07 Å². The number of halogens is 3. The van der Waals surface area contributed by atoms with Crippen LogP contribution in [0.2, 0.25) is 0 Å². The molecule has 0 unspecified atom stereocenters. The number of aromatic nitrogens is 1. The smallest absolute Gasteiger partial charge is 0.338 e. The number of alkyl halides is 3. The summed E-state index contributed by atoms with van der Waals surface area (Å²) >= 11 is 0. The number of nitrogens with one attached hydrogen (secondary N) is 1. The molecule has 0 atom stereocenters. The Morgan fingerprint density at radius 2 is 2.00 bits per heavy atom. The third-order valence-corrected chi connectivity index (χ3v) is 2.34. The lowest BCUT2D eigenvalue weighted by molar-refractivity contribution is -0.137. The van der Waals surface area contributed by atoms with E-state index in [0.29, 0.717) is 5.69 Å². The number of nitrogens with zero attached hydrogens (tertiary/aromatic N) is 1. The summed E-state index contributed by atoms with van der Waals surface area (Å²) in [7, 11) is 0. The second-order valence-electron chi connectivity index (χ2n) is 3.83. The molecule has 0 saturated carbocycles. The van der Waals surface area contributed by atoms with Crippen molar-refractivity contribution < 1.29 is 22.5 Å². The van der Waals surface area contributed by atoms with Crippen LogP contribution >= 0.6 is 0 Å². The Morgan fingerprint density at radius 3 is 2.58 bits per heavy atom. The van der Waals surface area contributed by atoms with Crippen LogP contribution in [0.1, 0.15) is 21.6 Å². The lowest BCUT2D eigenvalue weighted by Crippen LogP contribution is -2.18. The number of benzene rings is 1. The van der Waals surface area contributed by atoms with E-state index in [0.717, 1.165) is 12.1 Å². The van der Waals surface area contributed by atoms with Crippen molar-refractivity contribution in [3.63, 3.8) is 0 Å². The van der Waals surface area contributed by atoms with Gasteiger partial charge in [0.15, 0.2) is 0 Å². The molecule has 0 spiro atoms. The number of hydrogen-bond donors (Lipinski definition) is 1. The third kappa shape index (κ3) is 2.93. The number of carbonyl (C=O) groups is 1. The normalized spacial score (nSPS) is 11.4. The quantitative estimate of drug-likeness (QED) is 0.911. The molecule has 0 saturated heterocycles. The zero-order chi connectivity index (χ0) is 14.0. The SMILES string of the molecule is Cc1cc(NC(=O)c2ccccc2C(F)(F)F)on1. The molecule has 100 valence electrons. The zero-order valence-corrected chi connectivity index (χ0v) is 9.78. The molecule has 1 heterocycles. The van der Waals surface area contributed by atoms with E-state index in [2.05, 4.69) is 10.5 Å². The van der Waals surface area contributed by atoms with E-state index < -0.39 is 23.2 Å². The van der Waals surface area contributed by atoms with E-state index in [1.165, 1.54) is 18.2 Å². The molecule has 1 aromatic heterocycles. The van der Waals surface area contributed by atoms with Crippen molar-refractivity contribution in [2.75, 3.05) is 5.32 Å². The highest BCUT2D eigenvalue weighted by molar-refractivity contribution is 6.04. The molecule has 1 amide bonds. The number of hydrogen-bond acceptors (Lipinski definition) is 3. The minimum Gasteiger partial charge on any atom is -0.338 e. The van der Waals surface area contributed by atoms with Crippen LogP contribution in [0.4, 0.5) is 19.1 Å². The highest BCUT2D eigenvalue weighted by Crippen LogP contribution is 2.32. The lowest BCUT2D eigenvalue weighted by atomic mass is 10.1. The van der Waals surface area contributed by atoms with Gasteiger partial charge in [-0.25, -0.2) is 0 Å². The first-order valence-corrected chi connectivity index (χ1v) is 5.29. The first-order chi connectivity index (χ1) is 8.88. The maximum atomic E-state index is 12.7. The number of rotatable bonds is 2. The van der Waals surface area contributed by atoms with Gasteiger partial charge in [0.1, 0.15) is 0 Å². The summed E-state index contributed by atoms with van der Waals surface area (Å²) in [6, 6.07) is 5.93. The van der Waals surface area contributed by atoms with E-state index in [4.69, 9.17) is 4.52 Å². The van der Waals surface area contributed by atoms with Gasteiger partial charge in [-0.1, -0.05) is 17.3 Å². The molecule has 2 rings (SSSR count). The van der Waals surface area contributed by atoms with Crippen molar-refractivity contribution in [1.29, 1.82) is 0 Å². The molecule has 19 heavy (non-hydrogen) atoms. The van der Waals surface area contributed by atoms with Crippen LogP contribution in [0, 0.1) is 6.92 Å². The average molecular weight is 270 g/mol. The van der Waals surface area contributed by atoms with E-state index in [1.807, 2.05) is 0 Å². The summed E-state index contributed by atoms with van der Waals surface area (Å²) in [6.45, 7) is 1.63. The largest absolute Gasteiger partial charge is 0.417 e. The predicted molar refractivity (Wildman–Crippen MR) is 60.6 cm³/mol. The minimum atomic E-state index is -4.59. The molecule has 1 N–H and O–H groups in total. The number of carbonyl (C=O) groups excluding carboxylic acids is 1. The van der Waals surface area contributed by atoms with Crippen LogP contribution in [0.15, 0.2) is 34.9 Å². The Bertz CT molecular complexity index is 605. The summed E-state index contributed by atoms with van der Waals surface area (Å²) in [5.41, 5.74) is -0.952. The van der Waals surface area contributed by atoms with Gasteiger partial charge in [-0.2, -0.15) is 13.2 Å². The molecule has 0 radical (unpaired) electrons. The molecular formula is C12H9F3N2O2. The Morgan fingerprint density at radius 1 is 1.32 bits per heavy atom. The summed E-state index contributed by atoms with van der Waals surface area (Å²) in [4.78, 5) is 11.8. The van der Waals surface area contributed by atoms with Crippen LogP contribution in [-0.4, -0.2) is 11.1 Å². The van der Waals surface area contributed by atoms with Crippen molar-refractivity contribution in [3.8, 4) is 0 Å². The lowest BCUT2D eigenvalue weighted by Gasteiger charge is -2.11. The second kappa shape index (κ2) is 4.75. The molecule has 0 aliphatic rings. The van der Waals surface area contributed by atoms with Gasteiger partial charge < -0.3 is 4.52 Å². The maximum absolute atomic E-state index is 12.7. The van der Waals surface area contributed by atoms with E-state index >= 15 is 0 Å². The van der Waals surface area contributed by atoms with Gasteiger partial charge >= 0.3 is 6.18 Å². The summed E-state index contributed by atoms with van der Waals surface area (Å²) in [5.74, 6) is -0.899. The van der Waals surface area contributed by atoms with Gasteiger partial charge in [-0.05, 0) is 19.1 Å². The fourth-order valence-electron chi connectivity index (χ4n) is 1.53. The predicted octanol–water partition coefficient (Wildman–Crippen LogP) is 3.25. The number of aryl methyl sites for hydroxylation is 1. The standard InChI is InChI=1S/C12H9F3N2O2/c1-7-6-10(19-17-7)16-11(18)8-4-2-3-5-9(8)12(13,14)15/h2-6H,1H3,(H,16,18). The first-order valence-electron chi connectivity index (χ1n) is 5.29. The number of amides is 1. The van der Waals surface area contributed by atoms with E-state index in [-0.39, 0.29) is 5.88 Å². The van der Waals surface area contributed by atoms with Crippen LogP contribution in [0.25, 0.3) is 0 Å². The Labute approximate surface area is 106 Å². The Kier molecular flexibility index (Phi) is 3.28. The van der Waals surface area contributed by atoms with Gasteiger partial charge in [0.2, 0.25) is 5.88 Å². The topological polar surface area (TPSA) is 55.1 Å². The molecule has 4 nitrogen and oxygen atoms in total. The zero-order valence-electron chi connectivity index (χ0n) is 9.78. The fraction of sp³-hybridized carbons (Fsp3) is 0.167. The molecule has 0 fully saturated rings. The molecule has 0 aliphatic heterocycles. The third-order valence-electron chi connectivity index (χ3n) is 2.34. The summed E-state index contributed by atoms with van der Waals surface area (Å²) in [5, 5.41) is 5.75. The Hall–Kier alpha value is -2.31. The summed E-state index contributed by atoms with van der Waals surface area (Å²) in [6.07, 6.45) is -4.59. The average Bonchev–Trinajstić information content (AvgIpc) is 2.73. The van der Waals surface area contributed by atoms with Crippen molar-refractivity contribution in [1.82, 2.24) is 5.16 Å². The van der Waals surface area contributed by atoms with Gasteiger partial charge in [0.25, 0.3) is 5.91 Å². The molecule has 2 aromatic rings. The monoisotopic (exact) mass is 270 g/mol. The molecule has 0 aliphatic carbocycles. The van der Waals surface area contributed by atoms with Gasteiger partial charge in [0.05, 0.1) is 16.8 Å². The Balaban J connectivity index is 2.29. The van der Waals surface area contributed by atoms with Crippen LogP contribution in [0.5, 0.6) is 0 Å². The van der Waals surface area contributed by atoms with Crippen LogP contribution in [0.3, 0.4) is 0 Å². The molecule has 1 aromatic carbocycles. The highest BCUT2D eigenvalue weighted by atomic mass is 19.4. The van der Waals surface area contributed by atoms with E-state index in [1.54, 1.807) is 6.92 Å². The molecule has 7 heteroatoms. The minimum absolute atomic E-state index is 0.000484. The van der Waals surface area contributed by atoms with Gasteiger partial charge in [-0.15, -0.1) is 0 Å². The van der Waals surface area contributed by atoms with Crippen LogP contribution in [-0.2, 0) is 6.18 Å². The van der Waals surface area contributed by atoms with Crippen molar-refractivity contribution >= 4 is 11.8 Å². The van der Waals surface area contributed by atoms with Crippen molar-refractivity contribution in [2.45, 2.75) is 13.1 Å². The number of anilines is 1. The highest BCUT2D eigenvalue weighted by Gasteiger charge is 2.34. The van der Waals surface area contributed by atoms with Crippen molar-refractivity contribution in [3.05, 3.63) is 47.2 Å². The van der Waals surface area contributed by atoms with Gasteiger partial charge in [-0.3, -0.25) is 10.1 Å². The van der Waals surface area contributed by atoms with E-state index in [9.17, 15) is 18.0 Å².